The Hall–Kier alpha value is -2.92. The van der Waals surface area contributed by atoms with Crippen molar-refractivity contribution in [3.8, 4) is 6.07 Å². The molecule has 0 atom stereocenters. The quantitative estimate of drug-likeness (QED) is 0.568. The Balaban J connectivity index is 1.62. The number of ether oxygens (including phenoxy) is 1. The molecule has 144 valence electrons. The van der Waals surface area contributed by atoms with Crippen LogP contribution in [-0.4, -0.2) is 29.7 Å². The molecule has 1 aromatic carbocycles. The molecule has 0 aliphatic heterocycles. The molecule has 8 heteroatoms. The van der Waals surface area contributed by atoms with Crippen LogP contribution in [0.2, 0.25) is 0 Å². The van der Waals surface area contributed by atoms with Gasteiger partial charge in [0.1, 0.15) is 16.9 Å². The highest BCUT2D eigenvalue weighted by atomic mass is 32.2. The van der Waals surface area contributed by atoms with Crippen LogP contribution in [0.15, 0.2) is 35.4 Å². The number of nitrogens with zero attached hydrogens (tertiary/aromatic N) is 2. The Morgan fingerprint density at radius 3 is 2.68 bits per heavy atom. The number of pyridine rings is 1. The molecule has 0 spiro atoms. The molecule has 1 N–H and O–H groups in total. The van der Waals surface area contributed by atoms with Gasteiger partial charge in [-0.05, 0) is 42.9 Å². The third-order valence-corrected chi connectivity index (χ3v) is 4.95. The third kappa shape index (κ3) is 4.87. The minimum Gasteiger partial charge on any atom is -0.452 e. The summed E-state index contributed by atoms with van der Waals surface area (Å²) in [5.74, 6) is -1.26. The van der Waals surface area contributed by atoms with Crippen molar-refractivity contribution in [1.82, 2.24) is 10.3 Å². The topological polar surface area (TPSA) is 92.1 Å². The minimum atomic E-state index is -0.729. The molecular formula is C20H18FN3O3S. The summed E-state index contributed by atoms with van der Waals surface area (Å²) in [5, 5.41) is 12.5. The van der Waals surface area contributed by atoms with E-state index in [0.717, 1.165) is 24.1 Å². The zero-order chi connectivity index (χ0) is 20.1. The van der Waals surface area contributed by atoms with E-state index in [1.54, 1.807) is 24.5 Å². The van der Waals surface area contributed by atoms with E-state index in [-0.39, 0.29) is 23.5 Å². The van der Waals surface area contributed by atoms with E-state index < -0.39 is 18.5 Å². The smallest absolute Gasteiger partial charge is 0.340 e. The van der Waals surface area contributed by atoms with Crippen LogP contribution >= 0.6 is 11.8 Å². The van der Waals surface area contributed by atoms with Crippen LogP contribution in [0.25, 0.3) is 0 Å². The molecule has 0 radical (unpaired) electrons. The number of benzene rings is 1. The van der Waals surface area contributed by atoms with Gasteiger partial charge in [-0.3, -0.25) is 4.79 Å². The first-order valence-electron chi connectivity index (χ1n) is 8.69. The van der Waals surface area contributed by atoms with Gasteiger partial charge < -0.3 is 10.1 Å². The number of carbonyl (C=O) groups excluding carboxylic acids is 2. The van der Waals surface area contributed by atoms with Crippen molar-refractivity contribution in [3.05, 3.63) is 58.5 Å². The van der Waals surface area contributed by atoms with Crippen LogP contribution in [0, 0.1) is 17.1 Å². The second kappa shape index (κ2) is 8.85. The number of carbonyl (C=O) groups is 2. The second-order valence-corrected chi connectivity index (χ2v) is 7.14. The fourth-order valence-corrected chi connectivity index (χ4v) is 3.16. The van der Waals surface area contributed by atoms with Gasteiger partial charge in [0.2, 0.25) is 0 Å². The van der Waals surface area contributed by atoms with E-state index in [0.29, 0.717) is 10.9 Å². The number of esters is 1. The Morgan fingerprint density at radius 2 is 2.07 bits per heavy atom. The number of halogens is 1. The largest absolute Gasteiger partial charge is 0.452 e. The molecule has 1 fully saturated rings. The lowest BCUT2D eigenvalue weighted by Crippen LogP contribution is -2.28. The van der Waals surface area contributed by atoms with Crippen molar-refractivity contribution in [2.45, 2.75) is 30.3 Å². The maximum absolute atomic E-state index is 12.9. The Morgan fingerprint density at radius 1 is 1.36 bits per heavy atom. The number of rotatable bonds is 7. The van der Waals surface area contributed by atoms with Gasteiger partial charge in [0, 0.05) is 18.2 Å². The molecule has 1 aromatic heterocycles. The normalized spacial score (nSPS) is 12.9. The van der Waals surface area contributed by atoms with Crippen LogP contribution < -0.4 is 5.32 Å². The summed E-state index contributed by atoms with van der Waals surface area (Å²) in [6, 6.07) is 9.31. The molecule has 3 rings (SSSR count). The Labute approximate surface area is 166 Å². The summed E-state index contributed by atoms with van der Waals surface area (Å²) < 4.78 is 18.0. The number of nitriles is 1. The molecular weight excluding hydrogens is 381 g/mol. The number of thioether (sulfide) groups is 1. The highest BCUT2D eigenvalue weighted by Crippen LogP contribution is 2.40. The predicted octanol–water partition coefficient (Wildman–Crippen LogP) is 3.16. The maximum Gasteiger partial charge on any atom is 0.340 e. The Bertz CT molecular complexity index is 937. The van der Waals surface area contributed by atoms with Crippen LogP contribution in [0.4, 0.5) is 4.39 Å². The van der Waals surface area contributed by atoms with E-state index in [2.05, 4.69) is 10.3 Å². The summed E-state index contributed by atoms with van der Waals surface area (Å²) in [4.78, 5) is 28.9. The fraction of sp³-hybridized carbons (Fsp3) is 0.300. The van der Waals surface area contributed by atoms with Gasteiger partial charge in [0.15, 0.2) is 6.61 Å². The van der Waals surface area contributed by atoms with Crippen molar-refractivity contribution >= 4 is 23.6 Å². The van der Waals surface area contributed by atoms with E-state index in [4.69, 9.17) is 4.74 Å². The summed E-state index contributed by atoms with van der Waals surface area (Å²) in [6.45, 7) is -0.279. The van der Waals surface area contributed by atoms with E-state index >= 15 is 0 Å². The zero-order valence-corrected chi connectivity index (χ0v) is 16.0. The highest BCUT2D eigenvalue weighted by Gasteiger charge is 2.29. The first-order chi connectivity index (χ1) is 13.5. The van der Waals surface area contributed by atoms with Crippen LogP contribution in [0.5, 0.6) is 0 Å². The second-order valence-electron chi connectivity index (χ2n) is 6.34. The fourth-order valence-electron chi connectivity index (χ4n) is 2.61. The molecule has 1 aliphatic carbocycles. The SMILES string of the molecule is CSc1nc(C2CC2)cc(C(=O)OCC(=O)NCc2ccc(F)cc2)c1C#N. The van der Waals surface area contributed by atoms with E-state index in [9.17, 15) is 19.2 Å². The lowest BCUT2D eigenvalue weighted by Gasteiger charge is -2.11. The van der Waals surface area contributed by atoms with Gasteiger partial charge in [-0.25, -0.2) is 14.2 Å². The molecule has 0 bridgehead atoms. The number of hydrogen-bond donors (Lipinski definition) is 1. The van der Waals surface area contributed by atoms with Crippen molar-refractivity contribution in [1.29, 1.82) is 5.26 Å². The van der Waals surface area contributed by atoms with Gasteiger partial charge in [-0.1, -0.05) is 12.1 Å². The van der Waals surface area contributed by atoms with Crippen molar-refractivity contribution in [2.75, 3.05) is 12.9 Å². The molecule has 2 aromatic rings. The molecule has 0 unspecified atom stereocenters. The highest BCUT2D eigenvalue weighted by molar-refractivity contribution is 7.98. The Kier molecular flexibility index (Phi) is 6.26. The molecule has 6 nitrogen and oxygen atoms in total. The van der Waals surface area contributed by atoms with Crippen LogP contribution in [0.3, 0.4) is 0 Å². The number of aromatic nitrogens is 1. The van der Waals surface area contributed by atoms with Gasteiger partial charge >= 0.3 is 5.97 Å². The molecule has 1 aliphatic rings. The summed E-state index contributed by atoms with van der Waals surface area (Å²) in [5.41, 5.74) is 1.79. The van der Waals surface area contributed by atoms with E-state index in [1.807, 2.05) is 6.07 Å². The van der Waals surface area contributed by atoms with Crippen molar-refractivity contribution in [2.24, 2.45) is 0 Å². The van der Waals surface area contributed by atoms with E-state index in [1.165, 1.54) is 23.9 Å². The summed E-state index contributed by atoms with van der Waals surface area (Å²) >= 11 is 1.29. The zero-order valence-electron chi connectivity index (χ0n) is 15.2. The minimum absolute atomic E-state index is 0.134. The number of hydrogen-bond acceptors (Lipinski definition) is 6. The maximum atomic E-state index is 12.9. The summed E-state index contributed by atoms with van der Waals surface area (Å²) in [7, 11) is 0. The standard InChI is InChI=1S/C20H18FN3O3S/c1-28-19-16(9-22)15(8-17(24-19)13-4-5-13)20(26)27-11-18(25)23-10-12-2-6-14(21)7-3-12/h2-3,6-8,13H,4-5,10-11H2,1H3,(H,23,25). The molecule has 1 amide bonds. The van der Waals surface area contributed by atoms with Gasteiger partial charge in [-0.15, -0.1) is 11.8 Å². The number of amides is 1. The first-order valence-corrected chi connectivity index (χ1v) is 9.91. The average Bonchev–Trinajstić information content (AvgIpc) is 3.55. The van der Waals surface area contributed by atoms with Crippen LogP contribution in [0.1, 0.15) is 45.9 Å². The average molecular weight is 399 g/mol. The number of nitrogens with one attached hydrogen (secondary N) is 1. The van der Waals surface area contributed by atoms with Crippen molar-refractivity contribution < 1.29 is 18.7 Å². The lowest BCUT2D eigenvalue weighted by molar-refractivity contribution is -0.124. The van der Waals surface area contributed by atoms with Gasteiger partial charge in [-0.2, -0.15) is 5.26 Å². The van der Waals surface area contributed by atoms with Crippen LogP contribution in [-0.2, 0) is 16.1 Å². The lowest BCUT2D eigenvalue weighted by atomic mass is 10.1. The molecule has 0 saturated heterocycles. The van der Waals surface area contributed by atoms with Crippen molar-refractivity contribution in [3.63, 3.8) is 0 Å². The molecule has 1 saturated carbocycles. The summed E-state index contributed by atoms with van der Waals surface area (Å²) in [6.07, 6.45) is 3.80. The molecule has 1 heterocycles. The monoisotopic (exact) mass is 399 g/mol. The predicted molar refractivity (Wildman–Crippen MR) is 101 cm³/mol. The third-order valence-electron chi connectivity index (χ3n) is 4.26. The molecule has 28 heavy (non-hydrogen) atoms. The first kappa shape index (κ1) is 19.8. The van der Waals surface area contributed by atoms with Gasteiger partial charge in [0.05, 0.1) is 11.1 Å². The van der Waals surface area contributed by atoms with Gasteiger partial charge in [0.25, 0.3) is 5.91 Å².